The molecule has 0 radical (unpaired) electrons. The molecule has 4 aromatic rings. The van der Waals surface area contributed by atoms with Crippen molar-refractivity contribution in [2.75, 3.05) is 18.4 Å². The van der Waals surface area contributed by atoms with Crippen LogP contribution in [0.5, 0.6) is 0 Å². The molecule has 2 amide bonds. The van der Waals surface area contributed by atoms with Crippen molar-refractivity contribution >= 4 is 40.6 Å². The number of carbonyl (C=O) groups excluding carboxylic acids is 2. The molecule has 5 rings (SSSR count). The molecule has 3 aromatic heterocycles. The Labute approximate surface area is 236 Å². The summed E-state index contributed by atoms with van der Waals surface area (Å²) in [6, 6.07) is 10.0. The lowest BCUT2D eigenvalue weighted by Gasteiger charge is -2.33. The van der Waals surface area contributed by atoms with Crippen LogP contribution in [0, 0.1) is 11.7 Å². The maximum atomic E-state index is 13.7. The van der Waals surface area contributed by atoms with Gasteiger partial charge in [-0.3, -0.25) is 4.79 Å². The molecule has 1 aliphatic heterocycles. The Morgan fingerprint density at radius 1 is 1.15 bits per heavy atom. The summed E-state index contributed by atoms with van der Waals surface area (Å²) < 4.78 is 21.0. The molecular weight excluding hydrogens is 535 g/mol. The second-order valence-electron chi connectivity index (χ2n) is 10.9. The Kier molecular flexibility index (Phi) is 7.71. The molecule has 0 aliphatic carbocycles. The van der Waals surface area contributed by atoms with Gasteiger partial charge in [-0.05, 0) is 63.4 Å². The molecule has 40 heavy (non-hydrogen) atoms. The number of pyridine rings is 2. The van der Waals surface area contributed by atoms with Gasteiger partial charge in [0.05, 0.1) is 22.8 Å². The molecule has 9 nitrogen and oxygen atoms in total. The molecule has 1 saturated heterocycles. The summed E-state index contributed by atoms with van der Waals surface area (Å²) in [5, 5.41) is 3.27. The molecule has 4 heterocycles. The van der Waals surface area contributed by atoms with E-state index in [4.69, 9.17) is 16.3 Å². The Hall–Kier alpha value is -4.05. The van der Waals surface area contributed by atoms with Gasteiger partial charge < -0.3 is 19.5 Å². The van der Waals surface area contributed by atoms with Crippen LogP contribution < -0.4 is 5.32 Å². The van der Waals surface area contributed by atoms with E-state index in [9.17, 15) is 14.0 Å². The molecular formula is C29H30ClFN6O3. The van der Waals surface area contributed by atoms with Crippen LogP contribution in [-0.2, 0) is 16.1 Å². The van der Waals surface area contributed by atoms with Crippen molar-refractivity contribution in [1.29, 1.82) is 0 Å². The number of halogens is 2. The number of hydrogen-bond donors (Lipinski definition) is 1. The number of rotatable bonds is 5. The van der Waals surface area contributed by atoms with E-state index in [0.717, 1.165) is 11.1 Å². The number of nitrogens with zero attached hydrogens (tertiary/aromatic N) is 5. The van der Waals surface area contributed by atoms with E-state index < -0.39 is 17.6 Å². The predicted octanol–water partition coefficient (Wildman–Crippen LogP) is 5.92. The lowest BCUT2D eigenvalue weighted by Crippen LogP contribution is -2.45. The second-order valence-corrected chi connectivity index (χ2v) is 11.3. The van der Waals surface area contributed by atoms with E-state index in [2.05, 4.69) is 20.3 Å². The van der Waals surface area contributed by atoms with Crippen molar-refractivity contribution in [3.63, 3.8) is 0 Å². The van der Waals surface area contributed by atoms with Crippen molar-refractivity contribution in [3.05, 3.63) is 71.5 Å². The summed E-state index contributed by atoms with van der Waals surface area (Å²) in [6.45, 7) is 6.69. The number of piperidine rings is 1. The molecule has 0 saturated carbocycles. The Bertz CT molecular complexity index is 1570. The first-order chi connectivity index (χ1) is 19.1. The van der Waals surface area contributed by atoms with Crippen molar-refractivity contribution in [1.82, 2.24) is 24.4 Å². The van der Waals surface area contributed by atoms with Crippen LogP contribution in [-0.4, -0.2) is 55.1 Å². The van der Waals surface area contributed by atoms with Crippen LogP contribution in [0.2, 0.25) is 5.02 Å². The van der Waals surface area contributed by atoms with Gasteiger partial charge in [-0.1, -0.05) is 23.7 Å². The first-order valence-electron chi connectivity index (χ1n) is 13.1. The van der Waals surface area contributed by atoms with Crippen LogP contribution in [0.3, 0.4) is 0 Å². The van der Waals surface area contributed by atoms with Crippen LogP contribution in [0.25, 0.3) is 22.3 Å². The minimum Gasteiger partial charge on any atom is -0.444 e. The maximum Gasteiger partial charge on any atom is 0.410 e. The standard InChI is InChI=1S/C29H30ClFN6O3/c1-29(2,3)40-28(39)36-9-5-7-19(16-36)27(38)35-25-12-22(23(30)14-32-25)20-11-24-26(33-13-20)34-17-37(24)15-18-6-4-8-21(31)10-18/h4,6,8,10-14,17,19H,5,7,9,15-16H2,1-3H3,(H,32,35,38). The fourth-order valence-electron chi connectivity index (χ4n) is 4.69. The summed E-state index contributed by atoms with van der Waals surface area (Å²) in [4.78, 5) is 40.3. The maximum absolute atomic E-state index is 13.7. The highest BCUT2D eigenvalue weighted by molar-refractivity contribution is 6.33. The third kappa shape index (κ3) is 6.39. The molecule has 11 heteroatoms. The summed E-state index contributed by atoms with van der Waals surface area (Å²) in [7, 11) is 0. The van der Waals surface area contributed by atoms with Crippen molar-refractivity contribution < 1.29 is 18.7 Å². The third-order valence-electron chi connectivity index (χ3n) is 6.58. The van der Waals surface area contributed by atoms with E-state index in [-0.39, 0.29) is 18.3 Å². The lowest BCUT2D eigenvalue weighted by molar-refractivity contribution is -0.121. The Morgan fingerprint density at radius 2 is 1.98 bits per heavy atom. The molecule has 0 spiro atoms. The van der Waals surface area contributed by atoms with E-state index in [1.54, 1.807) is 29.6 Å². The van der Waals surface area contributed by atoms with Gasteiger partial charge in [0, 0.05) is 43.2 Å². The summed E-state index contributed by atoms with van der Waals surface area (Å²) in [5.41, 5.74) is 2.84. The zero-order valence-electron chi connectivity index (χ0n) is 22.5. The smallest absolute Gasteiger partial charge is 0.410 e. The number of likely N-dealkylation sites (tertiary alicyclic amines) is 1. The molecule has 1 atom stereocenters. The molecule has 208 valence electrons. The average Bonchev–Trinajstić information content (AvgIpc) is 3.30. The minimum absolute atomic E-state index is 0.226. The molecule has 1 aliphatic rings. The van der Waals surface area contributed by atoms with Crippen LogP contribution in [0.15, 0.2) is 55.1 Å². The number of aromatic nitrogens is 4. The molecule has 1 aromatic carbocycles. The zero-order chi connectivity index (χ0) is 28.4. The number of anilines is 1. The van der Waals surface area contributed by atoms with Gasteiger partial charge in [0.25, 0.3) is 0 Å². The number of fused-ring (bicyclic) bond motifs is 1. The van der Waals surface area contributed by atoms with E-state index >= 15 is 0 Å². The highest BCUT2D eigenvalue weighted by Gasteiger charge is 2.31. The molecule has 1 unspecified atom stereocenters. The number of benzene rings is 1. The first kappa shape index (κ1) is 27.5. The second kappa shape index (κ2) is 11.2. The molecule has 1 N–H and O–H groups in total. The number of imidazole rings is 1. The average molecular weight is 565 g/mol. The molecule has 1 fully saturated rings. The van der Waals surface area contributed by atoms with Crippen LogP contribution in [0.1, 0.15) is 39.2 Å². The highest BCUT2D eigenvalue weighted by Crippen LogP contribution is 2.31. The van der Waals surface area contributed by atoms with Gasteiger partial charge in [-0.2, -0.15) is 0 Å². The number of carbonyl (C=O) groups is 2. The van der Waals surface area contributed by atoms with Gasteiger partial charge in [-0.25, -0.2) is 24.1 Å². The zero-order valence-corrected chi connectivity index (χ0v) is 23.3. The number of amides is 2. The number of hydrogen-bond acceptors (Lipinski definition) is 6. The highest BCUT2D eigenvalue weighted by atomic mass is 35.5. The van der Waals surface area contributed by atoms with Gasteiger partial charge >= 0.3 is 6.09 Å². The summed E-state index contributed by atoms with van der Waals surface area (Å²) >= 11 is 6.51. The Morgan fingerprint density at radius 3 is 2.75 bits per heavy atom. The summed E-state index contributed by atoms with van der Waals surface area (Å²) in [5.74, 6) is -0.579. The monoisotopic (exact) mass is 564 g/mol. The van der Waals surface area contributed by atoms with Crippen LogP contribution >= 0.6 is 11.6 Å². The van der Waals surface area contributed by atoms with E-state index in [1.165, 1.54) is 18.3 Å². The van der Waals surface area contributed by atoms with Gasteiger partial charge in [0.2, 0.25) is 5.91 Å². The fraction of sp³-hybridized carbons (Fsp3) is 0.345. The van der Waals surface area contributed by atoms with Crippen molar-refractivity contribution in [2.45, 2.75) is 45.8 Å². The van der Waals surface area contributed by atoms with Crippen LogP contribution in [0.4, 0.5) is 15.0 Å². The van der Waals surface area contributed by atoms with Gasteiger partial charge in [0.15, 0.2) is 5.65 Å². The fourth-order valence-corrected chi connectivity index (χ4v) is 4.90. The van der Waals surface area contributed by atoms with Crippen molar-refractivity contribution in [2.24, 2.45) is 5.92 Å². The van der Waals surface area contributed by atoms with Gasteiger partial charge in [-0.15, -0.1) is 0 Å². The number of nitrogens with one attached hydrogen (secondary N) is 1. The number of ether oxygens (including phenoxy) is 1. The Balaban J connectivity index is 1.33. The first-order valence-corrected chi connectivity index (χ1v) is 13.4. The van der Waals surface area contributed by atoms with Crippen molar-refractivity contribution in [3.8, 4) is 11.1 Å². The topological polar surface area (TPSA) is 102 Å². The quantitative estimate of drug-likeness (QED) is 0.323. The van der Waals surface area contributed by atoms with E-state index in [0.29, 0.717) is 53.5 Å². The SMILES string of the molecule is CC(C)(C)OC(=O)N1CCCC(C(=O)Nc2cc(-c3cnc4ncn(Cc5cccc(F)c5)c4c3)c(Cl)cn2)C1. The summed E-state index contributed by atoms with van der Waals surface area (Å²) in [6.07, 6.45) is 5.74. The largest absolute Gasteiger partial charge is 0.444 e. The van der Waals surface area contributed by atoms with E-state index in [1.807, 2.05) is 37.5 Å². The molecule has 0 bridgehead atoms. The predicted molar refractivity (Wildman–Crippen MR) is 150 cm³/mol. The minimum atomic E-state index is -0.606. The normalized spacial score (nSPS) is 15.7. The lowest BCUT2D eigenvalue weighted by atomic mass is 9.97. The van der Waals surface area contributed by atoms with Gasteiger partial charge in [0.1, 0.15) is 17.2 Å². The third-order valence-corrected chi connectivity index (χ3v) is 6.88.